The highest BCUT2D eigenvalue weighted by atomic mass is 16.5. The lowest BCUT2D eigenvalue weighted by Gasteiger charge is -2.19. The minimum absolute atomic E-state index is 0.715. The van der Waals surface area contributed by atoms with E-state index in [1.165, 1.54) is 48.8 Å². The van der Waals surface area contributed by atoms with Crippen molar-refractivity contribution in [3.8, 4) is 5.75 Å². The number of aldehydes is 1. The van der Waals surface area contributed by atoms with Crippen molar-refractivity contribution in [2.24, 2.45) is 5.92 Å². The molecular weight excluding hydrogens is 356 g/mol. The molecule has 0 saturated heterocycles. The quantitative estimate of drug-likeness (QED) is 0.278. The van der Waals surface area contributed by atoms with Crippen LogP contribution in [0.4, 0.5) is 0 Å². The van der Waals surface area contributed by atoms with Crippen molar-refractivity contribution in [3.05, 3.63) is 63.7 Å². The number of hydrogen-bond acceptors (Lipinski definition) is 2. The molecule has 0 spiro atoms. The number of hydrogen-bond donors (Lipinski definition) is 0. The molecule has 0 aliphatic heterocycles. The summed E-state index contributed by atoms with van der Waals surface area (Å²) in [6.07, 6.45) is 9.53. The maximum absolute atomic E-state index is 11.0. The van der Waals surface area contributed by atoms with Crippen LogP contribution in [0.25, 0.3) is 0 Å². The Labute approximate surface area is 177 Å². The molecule has 2 aromatic rings. The SMILES string of the molecule is CCCCCC(CCCOc1c(C)cc(C=O)cc1C)Cc1ccc(C)c(C)c1. The molecule has 1 atom stereocenters. The number of benzene rings is 2. The van der Waals surface area contributed by atoms with Crippen LogP contribution in [0.1, 0.15) is 83.6 Å². The molecule has 1 unspecified atom stereocenters. The van der Waals surface area contributed by atoms with Crippen LogP contribution in [0.15, 0.2) is 30.3 Å². The van der Waals surface area contributed by atoms with Gasteiger partial charge in [0.2, 0.25) is 0 Å². The second-order valence-electron chi connectivity index (χ2n) is 8.58. The van der Waals surface area contributed by atoms with Crippen LogP contribution in [-0.2, 0) is 6.42 Å². The zero-order valence-corrected chi connectivity index (χ0v) is 19.0. The predicted octanol–water partition coefficient (Wildman–Crippen LogP) is 7.33. The van der Waals surface area contributed by atoms with Gasteiger partial charge in [-0.15, -0.1) is 0 Å². The van der Waals surface area contributed by atoms with E-state index >= 15 is 0 Å². The Kier molecular flexibility index (Phi) is 9.44. The summed E-state index contributed by atoms with van der Waals surface area (Å²) in [5.41, 5.74) is 7.03. The molecule has 0 radical (unpaired) electrons. The van der Waals surface area contributed by atoms with E-state index in [0.29, 0.717) is 5.92 Å². The van der Waals surface area contributed by atoms with Crippen LogP contribution in [0.3, 0.4) is 0 Å². The lowest BCUT2D eigenvalue weighted by molar-refractivity contribution is 0.112. The smallest absolute Gasteiger partial charge is 0.150 e. The van der Waals surface area contributed by atoms with Gasteiger partial charge in [0.1, 0.15) is 12.0 Å². The highest BCUT2D eigenvalue weighted by Crippen LogP contribution is 2.26. The molecule has 2 nitrogen and oxygen atoms in total. The molecule has 2 rings (SSSR count). The summed E-state index contributed by atoms with van der Waals surface area (Å²) >= 11 is 0. The molecule has 0 aromatic heterocycles. The number of aryl methyl sites for hydroxylation is 4. The van der Waals surface area contributed by atoms with E-state index in [0.717, 1.165) is 48.2 Å². The minimum atomic E-state index is 0.715. The zero-order valence-electron chi connectivity index (χ0n) is 19.0. The highest BCUT2D eigenvalue weighted by Gasteiger charge is 2.12. The average Bonchev–Trinajstić information content (AvgIpc) is 2.69. The molecule has 2 aromatic carbocycles. The van der Waals surface area contributed by atoms with Crippen LogP contribution in [0, 0.1) is 33.6 Å². The maximum Gasteiger partial charge on any atom is 0.150 e. The summed E-state index contributed by atoms with van der Waals surface area (Å²) < 4.78 is 6.11. The van der Waals surface area contributed by atoms with Crippen LogP contribution >= 0.6 is 0 Å². The first-order chi connectivity index (χ1) is 13.9. The Balaban J connectivity index is 1.91. The zero-order chi connectivity index (χ0) is 21.2. The standard InChI is InChI=1S/C27H38O2/c1-6-7-8-10-24(18-25-13-12-20(2)21(3)15-25)11-9-14-29-27-22(4)16-26(19-28)17-23(27)5/h12-13,15-17,19,24H,6-11,14,18H2,1-5H3. The number of carbonyl (C=O) groups excluding carboxylic acids is 1. The molecule has 0 saturated carbocycles. The van der Waals surface area contributed by atoms with E-state index in [1.807, 2.05) is 26.0 Å². The largest absolute Gasteiger partial charge is 0.493 e. The van der Waals surface area contributed by atoms with Gasteiger partial charge in [-0.2, -0.15) is 0 Å². The molecule has 0 aliphatic carbocycles. The van der Waals surface area contributed by atoms with Crippen molar-refractivity contribution in [2.75, 3.05) is 6.61 Å². The minimum Gasteiger partial charge on any atom is -0.493 e. The third-order valence-electron chi connectivity index (χ3n) is 5.93. The fourth-order valence-corrected chi connectivity index (χ4v) is 4.12. The molecule has 0 aliphatic rings. The molecule has 0 N–H and O–H groups in total. The molecule has 0 bridgehead atoms. The maximum atomic E-state index is 11.0. The van der Waals surface area contributed by atoms with Crippen LogP contribution in [0.5, 0.6) is 5.75 Å². The third kappa shape index (κ3) is 7.34. The van der Waals surface area contributed by atoms with Crippen molar-refractivity contribution in [1.82, 2.24) is 0 Å². The van der Waals surface area contributed by atoms with Crippen molar-refractivity contribution in [2.45, 2.75) is 79.6 Å². The van der Waals surface area contributed by atoms with Gasteiger partial charge in [-0.1, -0.05) is 50.8 Å². The van der Waals surface area contributed by atoms with Crippen molar-refractivity contribution in [3.63, 3.8) is 0 Å². The summed E-state index contributed by atoms with van der Waals surface area (Å²) in [6, 6.07) is 10.7. The monoisotopic (exact) mass is 394 g/mol. The first-order valence-corrected chi connectivity index (χ1v) is 11.2. The second-order valence-corrected chi connectivity index (χ2v) is 8.58. The van der Waals surface area contributed by atoms with Gasteiger partial charge in [0.25, 0.3) is 0 Å². The Morgan fingerprint density at radius 1 is 0.862 bits per heavy atom. The van der Waals surface area contributed by atoms with Gasteiger partial charge in [-0.3, -0.25) is 4.79 Å². The first-order valence-electron chi connectivity index (χ1n) is 11.2. The van der Waals surface area contributed by atoms with Crippen LogP contribution in [-0.4, -0.2) is 12.9 Å². The Morgan fingerprint density at radius 2 is 1.55 bits per heavy atom. The van der Waals surface area contributed by atoms with Gasteiger partial charge in [0, 0.05) is 5.56 Å². The number of unbranched alkanes of at least 4 members (excludes halogenated alkanes) is 2. The van der Waals surface area contributed by atoms with Crippen LogP contribution < -0.4 is 4.74 Å². The molecule has 29 heavy (non-hydrogen) atoms. The Hall–Kier alpha value is -2.09. The first kappa shape index (κ1) is 23.2. The molecular formula is C27H38O2. The van der Waals surface area contributed by atoms with E-state index in [9.17, 15) is 4.79 Å². The van der Waals surface area contributed by atoms with E-state index in [-0.39, 0.29) is 0 Å². The predicted molar refractivity (Wildman–Crippen MR) is 123 cm³/mol. The van der Waals surface area contributed by atoms with Gasteiger partial charge < -0.3 is 4.74 Å². The third-order valence-corrected chi connectivity index (χ3v) is 5.93. The van der Waals surface area contributed by atoms with Gasteiger partial charge in [-0.05, 0) is 92.8 Å². The van der Waals surface area contributed by atoms with Gasteiger partial charge in [-0.25, -0.2) is 0 Å². The van der Waals surface area contributed by atoms with Crippen LogP contribution in [0.2, 0.25) is 0 Å². The summed E-state index contributed by atoms with van der Waals surface area (Å²) in [5, 5.41) is 0. The van der Waals surface area contributed by atoms with E-state index < -0.39 is 0 Å². The summed E-state index contributed by atoms with van der Waals surface area (Å²) in [7, 11) is 0. The van der Waals surface area contributed by atoms with Crippen molar-refractivity contribution in [1.29, 1.82) is 0 Å². The van der Waals surface area contributed by atoms with E-state index in [2.05, 4.69) is 39.0 Å². The highest BCUT2D eigenvalue weighted by molar-refractivity contribution is 5.76. The lowest BCUT2D eigenvalue weighted by Crippen LogP contribution is -2.09. The van der Waals surface area contributed by atoms with Gasteiger partial charge >= 0.3 is 0 Å². The number of ether oxygens (including phenoxy) is 1. The molecule has 158 valence electrons. The number of carbonyl (C=O) groups is 1. The number of rotatable bonds is 12. The van der Waals surface area contributed by atoms with Crippen molar-refractivity contribution >= 4 is 6.29 Å². The normalized spacial score (nSPS) is 12.0. The Bertz CT molecular complexity index is 768. The Morgan fingerprint density at radius 3 is 2.17 bits per heavy atom. The summed E-state index contributed by atoms with van der Waals surface area (Å²) in [4.78, 5) is 11.0. The second kappa shape index (κ2) is 11.8. The van der Waals surface area contributed by atoms with Gasteiger partial charge in [0.15, 0.2) is 0 Å². The summed E-state index contributed by atoms with van der Waals surface area (Å²) in [5.74, 6) is 1.65. The average molecular weight is 395 g/mol. The van der Waals surface area contributed by atoms with E-state index in [4.69, 9.17) is 4.74 Å². The lowest BCUT2D eigenvalue weighted by atomic mass is 9.89. The summed E-state index contributed by atoms with van der Waals surface area (Å²) in [6.45, 7) is 11.4. The fraction of sp³-hybridized carbons (Fsp3) is 0.519. The fourth-order valence-electron chi connectivity index (χ4n) is 4.12. The molecule has 2 heteroatoms. The molecule has 0 amide bonds. The van der Waals surface area contributed by atoms with E-state index in [1.54, 1.807) is 0 Å². The van der Waals surface area contributed by atoms with Crippen molar-refractivity contribution < 1.29 is 9.53 Å². The molecule has 0 heterocycles. The molecule has 0 fully saturated rings. The topological polar surface area (TPSA) is 26.3 Å². The van der Waals surface area contributed by atoms with Gasteiger partial charge in [0.05, 0.1) is 6.61 Å².